The summed E-state index contributed by atoms with van der Waals surface area (Å²) >= 11 is 1.60. The number of benzene rings is 1. The maximum absolute atomic E-state index is 11.8. The van der Waals surface area contributed by atoms with Gasteiger partial charge in [-0.25, -0.2) is 0 Å². The third kappa shape index (κ3) is 3.96. The predicted octanol–water partition coefficient (Wildman–Crippen LogP) is 3.80. The Morgan fingerprint density at radius 3 is 2.95 bits per heavy atom. The zero-order valence-electron chi connectivity index (χ0n) is 10.6. The van der Waals surface area contributed by atoms with Gasteiger partial charge < -0.3 is 10.1 Å². The maximum Gasteiger partial charge on any atom is 0.248 e. The second-order valence-corrected chi connectivity index (χ2v) is 4.59. The van der Waals surface area contributed by atoms with E-state index in [9.17, 15) is 4.79 Å². The van der Waals surface area contributed by atoms with E-state index in [-0.39, 0.29) is 5.91 Å². The molecule has 2 aromatic rings. The molecule has 1 amide bonds. The summed E-state index contributed by atoms with van der Waals surface area (Å²) in [4.78, 5) is 11.8. The van der Waals surface area contributed by atoms with Gasteiger partial charge in [-0.1, -0.05) is 12.1 Å². The van der Waals surface area contributed by atoms with Gasteiger partial charge in [-0.2, -0.15) is 11.3 Å². The van der Waals surface area contributed by atoms with Crippen molar-refractivity contribution in [1.29, 1.82) is 0 Å². The summed E-state index contributed by atoms with van der Waals surface area (Å²) in [6.07, 6.45) is 3.31. The molecule has 3 nitrogen and oxygen atoms in total. The average molecular weight is 273 g/mol. The van der Waals surface area contributed by atoms with Gasteiger partial charge in [0.05, 0.1) is 12.3 Å². The van der Waals surface area contributed by atoms with Gasteiger partial charge in [-0.3, -0.25) is 4.79 Å². The molecule has 0 aliphatic carbocycles. The molecule has 0 bridgehead atoms. The molecule has 1 aromatic heterocycles. The Balaban J connectivity index is 2.02. The molecule has 0 aliphatic heterocycles. The number of hydrogen-bond acceptors (Lipinski definition) is 3. The van der Waals surface area contributed by atoms with Crippen LogP contribution in [0.1, 0.15) is 12.5 Å². The van der Waals surface area contributed by atoms with E-state index < -0.39 is 0 Å². The summed E-state index contributed by atoms with van der Waals surface area (Å²) in [5, 5.41) is 6.77. The summed E-state index contributed by atoms with van der Waals surface area (Å²) in [6, 6.07) is 9.36. The highest BCUT2D eigenvalue weighted by molar-refractivity contribution is 7.08. The summed E-state index contributed by atoms with van der Waals surface area (Å²) in [5.74, 6) is 0.514. The molecule has 0 atom stereocenters. The lowest BCUT2D eigenvalue weighted by Crippen LogP contribution is -2.09. The topological polar surface area (TPSA) is 38.3 Å². The van der Waals surface area contributed by atoms with Crippen molar-refractivity contribution >= 4 is 29.0 Å². The van der Waals surface area contributed by atoms with E-state index in [2.05, 4.69) is 5.32 Å². The minimum atomic E-state index is -0.168. The van der Waals surface area contributed by atoms with Gasteiger partial charge in [0.2, 0.25) is 5.91 Å². The molecule has 2 rings (SSSR count). The van der Waals surface area contributed by atoms with Crippen LogP contribution in [-0.2, 0) is 4.79 Å². The number of ether oxygens (including phenoxy) is 1. The quantitative estimate of drug-likeness (QED) is 0.841. The first-order chi connectivity index (χ1) is 9.29. The van der Waals surface area contributed by atoms with Crippen LogP contribution in [0.2, 0.25) is 0 Å². The van der Waals surface area contributed by atoms with Crippen molar-refractivity contribution in [2.45, 2.75) is 6.92 Å². The van der Waals surface area contributed by atoms with Crippen LogP contribution in [0.15, 0.2) is 47.2 Å². The molecular weight excluding hydrogens is 258 g/mol. The number of rotatable bonds is 5. The molecule has 4 heteroatoms. The molecule has 0 aliphatic rings. The van der Waals surface area contributed by atoms with Gasteiger partial charge in [0.15, 0.2) is 0 Å². The van der Waals surface area contributed by atoms with Gasteiger partial charge in [0.1, 0.15) is 5.75 Å². The van der Waals surface area contributed by atoms with Crippen LogP contribution < -0.4 is 10.1 Å². The number of carbonyl (C=O) groups is 1. The number of para-hydroxylation sites is 2. The predicted molar refractivity (Wildman–Crippen MR) is 79.6 cm³/mol. The number of amides is 1. The van der Waals surface area contributed by atoms with E-state index in [0.29, 0.717) is 18.0 Å². The third-order valence-electron chi connectivity index (χ3n) is 2.42. The molecule has 19 heavy (non-hydrogen) atoms. The fourth-order valence-electron chi connectivity index (χ4n) is 1.57. The number of carbonyl (C=O) groups excluding carboxylic acids is 1. The number of nitrogens with one attached hydrogen (secondary N) is 1. The summed E-state index contributed by atoms with van der Waals surface area (Å²) < 4.78 is 5.45. The van der Waals surface area contributed by atoms with Crippen molar-refractivity contribution < 1.29 is 9.53 Å². The lowest BCUT2D eigenvalue weighted by atomic mass is 10.2. The third-order valence-corrected chi connectivity index (χ3v) is 3.12. The Morgan fingerprint density at radius 2 is 2.21 bits per heavy atom. The fraction of sp³-hybridized carbons (Fsp3) is 0.133. The SMILES string of the molecule is CCOc1ccccc1NC(=O)/C=C/c1ccsc1. The summed E-state index contributed by atoms with van der Waals surface area (Å²) in [7, 11) is 0. The first-order valence-electron chi connectivity index (χ1n) is 6.02. The Hall–Kier alpha value is -2.07. The van der Waals surface area contributed by atoms with Crippen LogP contribution in [0.4, 0.5) is 5.69 Å². The molecule has 0 spiro atoms. The van der Waals surface area contributed by atoms with Crippen LogP contribution in [0.3, 0.4) is 0 Å². The number of thiophene rings is 1. The molecule has 0 saturated heterocycles. The van der Waals surface area contributed by atoms with E-state index in [1.807, 2.05) is 48.0 Å². The number of anilines is 1. The van der Waals surface area contributed by atoms with Gasteiger partial charge >= 0.3 is 0 Å². The lowest BCUT2D eigenvalue weighted by Gasteiger charge is -2.09. The largest absolute Gasteiger partial charge is 0.492 e. The monoisotopic (exact) mass is 273 g/mol. The van der Waals surface area contributed by atoms with Crippen molar-refractivity contribution in [3.63, 3.8) is 0 Å². The van der Waals surface area contributed by atoms with Crippen molar-refractivity contribution in [3.8, 4) is 5.75 Å². The minimum Gasteiger partial charge on any atom is -0.492 e. The molecule has 0 radical (unpaired) electrons. The second-order valence-electron chi connectivity index (χ2n) is 3.81. The average Bonchev–Trinajstić information content (AvgIpc) is 2.92. The van der Waals surface area contributed by atoms with Crippen LogP contribution >= 0.6 is 11.3 Å². The first kappa shape index (κ1) is 13.4. The van der Waals surface area contributed by atoms with Crippen LogP contribution in [0.25, 0.3) is 6.08 Å². The van der Waals surface area contributed by atoms with Crippen LogP contribution in [-0.4, -0.2) is 12.5 Å². The van der Waals surface area contributed by atoms with E-state index in [4.69, 9.17) is 4.74 Å². The minimum absolute atomic E-state index is 0.168. The summed E-state index contributed by atoms with van der Waals surface area (Å²) in [5.41, 5.74) is 1.71. The summed E-state index contributed by atoms with van der Waals surface area (Å²) in [6.45, 7) is 2.48. The molecule has 0 fully saturated rings. The van der Waals surface area contributed by atoms with Gasteiger partial charge in [-0.15, -0.1) is 0 Å². The van der Waals surface area contributed by atoms with Crippen molar-refractivity contribution in [1.82, 2.24) is 0 Å². The Bertz CT molecular complexity index is 561. The molecular formula is C15H15NO2S. The Kier molecular flexibility index (Phi) is 4.75. The fourth-order valence-corrected chi connectivity index (χ4v) is 2.20. The van der Waals surface area contributed by atoms with Gasteiger partial charge in [-0.05, 0) is 47.5 Å². The Labute approximate surface area is 116 Å². The highest BCUT2D eigenvalue weighted by atomic mass is 32.1. The molecule has 1 N–H and O–H groups in total. The zero-order chi connectivity index (χ0) is 13.5. The first-order valence-corrected chi connectivity index (χ1v) is 6.97. The normalized spacial score (nSPS) is 10.6. The highest BCUT2D eigenvalue weighted by Gasteiger charge is 2.04. The molecule has 1 aromatic carbocycles. The van der Waals surface area contributed by atoms with Gasteiger partial charge in [0.25, 0.3) is 0 Å². The van der Waals surface area contributed by atoms with Crippen LogP contribution in [0, 0.1) is 0 Å². The lowest BCUT2D eigenvalue weighted by molar-refractivity contribution is -0.111. The van der Waals surface area contributed by atoms with E-state index in [1.54, 1.807) is 17.4 Å². The van der Waals surface area contributed by atoms with E-state index in [0.717, 1.165) is 5.56 Å². The van der Waals surface area contributed by atoms with Crippen molar-refractivity contribution in [2.24, 2.45) is 0 Å². The number of hydrogen-bond donors (Lipinski definition) is 1. The van der Waals surface area contributed by atoms with Gasteiger partial charge in [0, 0.05) is 6.08 Å². The van der Waals surface area contributed by atoms with E-state index in [1.165, 1.54) is 6.08 Å². The molecule has 1 heterocycles. The zero-order valence-corrected chi connectivity index (χ0v) is 11.4. The standard InChI is InChI=1S/C15H15NO2S/c1-2-18-14-6-4-3-5-13(14)16-15(17)8-7-12-9-10-19-11-12/h3-11H,2H2,1H3,(H,16,17)/b8-7+. The van der Waals surface area contributed by atoms with Crippen molar-refractivity contribution in [3.05, 3.63) is 52.7 Å². The Morgan fingerprint density at radius 1 is 1.37 bits per heavy atom. The maximum atomic E-state index is 11.8. The highest BCUT2D eigenvalue weighted by Crippen LogP contribution is 2.23. The molecule has 0 unspecified atom stereocenters. The second kappa shape index (κ2) is 6.75. The molecule has 98 valence electrons. The van der Waals surface area contributed by atoms with Crippen LogP contribution in [0.5, 0.6) is 5.75 Å². The van der Waals surface area contributed by atoms with E-state index >= 15 is 0 Å². The molecule has 0 saturated carbocycles. The van der Waals surface area contributed by atoms with Crippen molar-refractivity contribution in [2.75, 3.05) is 11.9 Å². The smallest absolute Gasteiger partial charge is 0.248 e.